The summed E-state index contributed by atoms with van der Waals surface area (Å²) in [6.45, 7) is 4.17. The van der Waals surface area contributed by atoms with Gasteiger partial charge in [0.25, 0.3) is 0 Å². The van der Waals surface area contributed by atoms with E-state index in [0.29, 0.717) is 18.0 Å². The molecule has 0 aromatic heterocycles. The molecule has 0 spiro atoms. The first-order valence-corrected chi connectivity index (χ1v) is 7.20. The van der Waals surface area contributed by atoms with Gasteiger partial charge in [-0.25, -0.2) is 8.42 Å². The van der Waals surface area contributed by atoms with E-state index in [-0.39, 0.29) is 17.5 Å². The van der Waals surface area contributed by atoms with Gasteiger partial charge in [0, 0.05) is 24.8 Å². The number of nitrogens with zero attached hydrogens (tertiary/aromatic N) is 1. The molecule has 90 valence electrons. The lowest BCUT2D eigenvalue weighted by molar-refractivity contribution is 0.278. The van der Waals surface area contributed by atoms with Gasteiger partial charge in [-0.3, -0.25) is 0 Å². The van der Waals surface area contributed by atoms with Gasteiger partial charge in [-0.2, -0.15) is 0 Å². The highest BCUT2D eigenvalue weighted by Crippen LogP contribution is 2.02. The normalized spacial score (nSPS) is 14.1. The minimum atomic E-state index is -2.88. The third-order valence-electron chi connectivity index (χ3n) is 2.44. The van der Waals surface area contributed by atoms with Crippen LogP contribution in [0.5, 0.6) is 0 Å². The number of sulfone groups is 1. The van der Waals surface area contributed by atoms with Crippen LogP contribution in [0.2, 0.25) is 0 Å². The Kier molecular flexibility index (Phi) is 6.31. The Labute approximate surface area is 97.7 Å². The summed E-state index contributed by atoms with van der Waals surface area (Å²) >= 11 is 4.80. The van der Waals surface area contributed by atoms with Crippen LogP contribution < -0.4 is 5.73 Å². The van der Waals surface area contributed by atoms with Gasteiger partial charge in [0.05, 0.1) is 10.7 Å². The zero-order valence-corrected chi connectivity index (χ0v) is 11.2. The largest absolute Gasteiger partial charge is 0.393 e. The van der Waals surface area contributed by atoms with Crippen LogP contribution in [0.1, 0.15) is 20.3 Å². The quantitative estimate of drug-likeness (QED) is 0.665. The second kappa shape index (κ2) is 6.40. The van der Waals surface area contributed by atoms with Crippen LogP contribution >= 0.6 is 12.2 Å². The predicted molar refractivity (Wildman–Crippen MR) is 67.8 cm³/mol. The van der Waals surface area contributed by atoms with Crippen molar-refractivity contribution in [1.82, 2.24) is 4.90 Å². The van der Waals surface area contributed by atoms with Gasteiger partial charge < -0.3 is 10.6 Å². The van der Waals surface area contributed by atoms with E-state index >= 15 is 0 Å². The Bertz CT molecular complexity index is 301. The van der Waals surface area contributed by atoms with E-state index in [1.807, 2.05) is 18.9 Å². The zero-order chi connectivity index (χ0) is 12.1. The van der Waals surface area contributed by atoms with Gasteiger partial charge in [0.1, 0.15) is 0 Å². The van der Waals surface area contributed by atoms with Gasteiger partial charge in [-0.15, -0.1) is 0 Å². The molecule has 0 saturated heterocycles. The topological polar surface area (TPSA) is 63.4 Å². The minimum absolute atomic E-state index is 0.189. The number of rotatable bonds is 7. The van der Waals surface area contributed by atoms with Crippen LogP contribution in [0.3, 0.4) is 0 Å². The highest BCUT2D eigenvalue weighted by Gasteiger charge is 2.13. The highest BCUT2D eigenvalue weighted by molar-refractivity contribution is 7.91. The van der Waals surface area contributed by atoms with Crippen molar-refractivity contribution in [3.8, 4) is 0 Å². The maximum absolute atomic E-state index is 11.3. The van der Waals surface area contributed by atoms with Gasteiger partial charge in [0.2, 0.25) is 0 Å². The molecule has 0 saturated carbocycles. The second-order valence-electron chi connectivity index (χ2n) is 3.74. The average molecular weight is 252 g/mol. The first kappa shape index (κ1) is 14.8. The molecule has 1 atom stereocenters. The molecule has 0 fully saturated rings. The zero-order valence-electron chi connectivity index (χ0n) is 9.56. The molecule has 0 heterocycles. The molecule has 0 bridgehead atoms. The standard InChI is InChI=1S/C9H20N2O2S2/c1-4-15(12,13)6-5-11(3)8(2)7-9(10)14/h8H,4-7H2,1-3H3,(H2,10,14). The van der Waals surface area contributed by atoms with Gasteiger partial charge in [-0.05, 0) is 14.0 Å². The molecule has 2 N–H and O–H groups in total. The van der Waals surface area contributed by atoms with Crippen molar-refractivity contribution < 1.29 is 8.42 Å². The van der Waals surface area contributed by atoms with Crippen molar-refractivity contribution in [2.75, 3.05) is 25.1 Å². The molecule has 0 rings (SSSR count). The maximum atomic E-state index is 11.3. The van der Waals surface area contributed by atoms with Crippen LogP contribution in [-0.2, 0) is 9.84 Å². The lowest BCUT2D eigenvalue weighted by atomic mass is 10.2. The van der Waals surface area contributed by atoms with E-state index in [1.165, 1.54) is 0 Å². The van der Waals surface area contributed by atoms with E-state index < -0.39 is 9.84 Å². The molecule has 0 aromatic carbocycles. The summed E-state index contributed by atoms with van der Waals surface area (Å²) in [5.41, 5.74) is 5.43. The van der Waals surface area contributed by atoms with E-state index in [4.69, 9.17) is 18.0 Å². The Morgan fingerprint density at radius 2 is 2.07 bits per heavy atom. The maximum Gasteiger partial charge on any atom is 0.151 e. The Morgan fingerprint density at radius 1 is 1.53 bits per heavy atom. The number of thiocarbonyl (C=S) groups is 1. The smallest absolute Gasteiger partial charge is 0.151 e. The predicted octanol–water partition coefficient (Wildman–Crippen LogP) is 0.418. The summed E-state index contributed by atoms with van der Waals surface area (Å²) in [5, 5.41) is 0. The fourth-order valence-electron chi connectivity index (χ4n) is 1.09. The molecule has 0 aliphatic rings. The molecular weight excluding hydrogens is 232 g/mol. The Hall–Kier alpha value is -0.200. The van der Waals surface area contributed by atoms with Gasteiger partial charge >= 0.3 is 0 Å². The van der Waals surface area contributed by atoms with E-state index in [2.05, 4.69) is 0 Å². The first-order chi connectivity index (χ1) is 6.78. The third-order valence-corrected chi connectivity index (χ3v) is 4.29. The molecule has 0 amide bonds. The van der Waals surface area contributed by atoms with Crippen LogP contribution in [0.25, 0.3) is 0 Å². The van der Waals surface area contributed by atoms with Crippen molar-refractivity contribution in [2.24, 2.45) is 5.73 Å². The van der Waals surface area contributed by atoms with Crippen molar-refractivity contribution in [3.63, 3.8) is 0 Å². The van der Waals surface area contributed by atoms with Crippen LogP contribution in [0.4, 0.5) is 0 Å². The SMILES string of the molecule is CCS(=O)(=O)CCN(C)C(C)CC(N)=S. The molecule has 1 unspecified atom stereocenters. The molecule has 0 aliphatic carbocycles. The molecule has 0 aliphatic heterocycles. The molecule has 0 aromatic rings. The molecule has 15 heavy (non-hydrogen) atoms. The average Bonchev–Trinajstić information content (AvgIpc) is 2.13. The third kappa shape index (κ3) is 6.81. The number of nitrogens with two attached hydrogens (primary N) is 1. The second-order valence-corrected chi connectivity index (χ2v) is 6.73. The lowest BCUT2D eigenvalue weighted by Crippen LogP contribution is -2.36. The number of hydrogen-bond donors (Lipinski definition) is 1. The molecule has 6 heteroatoms. The van der Waals surface area contributed by atoms with Crippen molar-refractivity contribution in [3.05, 3.63) is 0 Å². The summed E-state index contributed by atoms with van der Waals surface area (Å²) < 4.78 is 22.5. The fraction of sp³-hybridized carbons (Fsp3) is 0.889. The van der Waals surface area contributed by atoms with E-state index in [0.717, 1.165) is 0 Å². The summed E-state index contributed by atoms with van der Waals surface area (Å²) in [4.78, 5) is 2.43. The van der Waals surface area contributed by atoms with Crippen molar-refractivity contribution in [1.29, 1.82) is 0 Å². The molecule has 0 radical (unpaired) electrons. The van der Waals surface area contributed by atoms with Crippen LogP contribution in [-0.4, -0.2) is 49.4 Å². The lowest BCUT2D eigenvalue weighted by Gasteiger charge is -2.23. The summed E-state index contributed by atoms with van der Waals surface area (Å²) in [7, 11) is -0.999. The van der Waals surface area contributed by atoms with Crippen LogP contribution in [0, 0.1) is 0 Å². The monoisotopic (exact) mass is 252 g/mol. The molecule has 4 nitrogen and oxygen atoms in total. The van der Waals surface area contributed by atoms with E-state index in [1.54, 1.807) is 6.92 Å². The summed E-state index contributed by atoms with van der Waals surface area (Å²) in [6.07, 6.45) is 0.623. The van der Waals surface area contributed by atoms with Crippen molar-refractivity contribution >= 4 is 27.0 Å². The van der Waals surface area contributed by atoms with Gasteiger partial charge in [-0.1, -0.05) is 19.1 Å². The Balaban J connectivity index is 4.03. The highest BCUT2D eigenvalue weighted by atomic mass is 32.2. The van der Waals surface area contributed by atoms with E-state index in [9.17, 15) is 8.42 Å². The molecular formula is C9H20N2O2S2. The van der Waals surface area contributed by atoms with Crippen LogP contribution in [0.15, 0.2) is 0 Å². The van der Waals surface area contributed by atoms with Crippen molar-refractivity contribution in [2.45, 2.75) is 26.3 Å². The summed E-state index contributed by atoms with van der Waals surface area (Å²) in [5.74, 6) is 0.395. The summed E-state index contributed by atoms with van der Waals surface area (Å²) in [6, 6.07) is 0.189. The fourth-order valence-corrected chi connectivity index (χ4v) is 2.19. The minimum Gasteiger partial charge on any atom is -0.393 e. The Morgan fingerprint density at radius 3 is 2.47 bits per heavy atom. The number of hydrogen-bond acceptors (Lipinski definition) is 4. The van der Waals surface area contributed by atoms with Gasteiger partial charge in [0.15, 0.2) is 9.84 Å². The first-order valence-electron chi connectivity index (χ1n) is 4.97.